The summed E-state index contributed by atoms with van der Waals surface area (Å²) in [6.45, 7) is 4.39. The predicted octanol–water partition coefficient (Wildman–Crippen LogP) is 2.80. The largest absolute Gasteiger partial charge is 0.464 e. The molecule has 0 bridgehead atoms. The summed E-state index contributed by atoms with van der Waals surface area (Å²) in [5, 5.41) is 21.4. The number of furan rings is 1. The van der Waals surface area contributed by atoms with E-state index in [2.05, 4.69) is 0 Å². The third-order valence-corrected chi connectivity index (χ3v) is 6.55. The number of carbonyl (C=O) groups excluding carboxylic acids is 4. The molecule has 12 nitrogen and oxygen atoms in total. The second kappa shape index (κ2) is 13.1. The standard InChI is InChI=1S/C30H32O12/c1-15-11-23(38-16(2)32)26(21(35)7-5-19-6-8-22-20(13-19)9-10-37-22)24(12-15)41-30-29(40-18(4)34)28(39-17(3)33)27(36)25(14-31)42-30/h6,8-13,25,27-31,36H,5,7,14H2,1-4H3/t25-,27-,28+,29-,30-/m1/s1. The van der Waals surface area contributed by atoms with Crippen LogP contribution in [0, 0.1) is 6.92 Å². The molecule has 1 aliphatic rings. The molecule has 1 fully saturated rings. The first-order valence-corrected chi connectivity index (χ1v) is 13.2. The maximum atomic E-state index is 13.7. The summed E-state index contributed by atoms with van der Waals surface area (Å²) in [7, 11) is 0. The highest BCUT2D eigenvalue weighted by Gasteiger charge is 2.50. The van der Waals surface area contributed by atoms with Crippen molar-refractivity contribution in [1.82, 2.24) is 0 Å². The number of aryl methyl sites for hydroxylation is 2. The Morgan fingerprint density at radius 1 is 0.905 bits per heavy atom. The molecule has 1 saturated heterocycles. The third-order valence-electron chi connectivity index (χ3n) is 6.55. The Morgan fingerprint density at radius 3 is 2.26 bits per heavy atom. The van der Waals surface area contributed by atoms with Gasteiger partial charge >= 0.3 is 17.9 Å². The first-order chi connectivity index (χ1) is 20.0. The minimum absolute atomic E-state index is 0.00396. The highest BCUT2D eigenvalue weighted by molar-refractivity contribution is 6.02. The van der Waals surface area contributed by atoms with Crippen LogP contribution in [0.15, 0.2) is 47.1 Å². The molecule has 0 aliphatic carbocycles. The van der Waals surface area contributed by atoms with Crippen molar-refractivity contribution in [2.45, 2.75) is 71.2 Å². The number of aliphatic hydroxyl groups is 2. The molecule has 12 heteroatoms. The van der Waals surface area contributed by atoms with E-state index in [9.17, 15) is 29.4 Å². The molecule has 1 aromatic heterocycles. The number of hydrogen-bond donors (Lipinski definition) is 2. The fraction of sp³-hybridized carbons (Fsp3) is 0.400. The van der Waals surface area contributed by atoms with Crippen molar-refractivity contribution < 1.29 is 57.5 Å². The molecule has 224 valence electrons. The summed E-state index contributed by atoms with van der Waals surface area (Å²) in [4.78, 5) is 49.4. The van der Waals surface area contributed by atoms with Gasteiger partial charge in [-0.1, -0.05) is 6.07 Å². The van der Waals surface area contributed by atoms with Gasteiger partial charge in [0.15, 0.2) is 11.9 Å². The van der Waals surface area contributed by atoms with Gasteiger partial charge in [-0.05, 0) is 54.8 Å². The van der Waals surface area contributed by atoms with Gasteiger partial charge in [0.05, 0.1) is 12.9 Å². The zero-order chi connectivity index (χ0) is 30.6. The van der Waals surface area contributed by atoms with Crippen LogP contribution in [-0.4, -0.2) is 71.2 Å². The summed E-state index contributed by atoms with van der Waals surface area (Å²) >= 11 is 0. The van der Waals surface area contributed by atoms with Gasteiger partial charge in [0.2, 0.25) is 12.4 Å². The van der Waals surface area contributed by atoms with Crippen LogP contribution < -0.4 is 9.47 Å². The van der Waals surface area contributed by atoms with Gasteiger partial charge in [-0.15, -0.1) is 0 Å². The molecular weight excluding hydrogens is 552 g/mol. The van der Waals surface area contributed by atoms with Gasteiger partial charge in [0.1, 0.15) is 34.9 Å². The summed E-state index contributed by atoms with van der Waals surface area (Å²) in [6.07, 6.45) is -5.42. The van der Waals surface area contributed by atoms with E-state index in [1.165, 1.54) is 19.1 Å². The smallest absolute Gasteiger partial charge is 0.308 e. The average Bonchev–Trinajstić information content (AvgIpc) is 3.38. The van der Waals surface area contributed by atoms with Crippen LogP contribution in [0.2, 0.25) is 0 Å². The maximum Gasteiger partial charge on any atom is 0.308 e. The van der Waals surface area contributed by atoms with E-state index in [-0.39, 0.29) is 23.5 Å². The Bertz CT molecular complexity index is 1470. The fourth-order valence-electron chi connectivity index (χ4n) is 4.78. The minimum atomic E-state index is -1.56. The van der Waals surface area contributed by atoms with Crippen LogP contribution in [-0.2, 0) is 35.0 Å². The van der Waals surface area contributed by atoms with E-state index < -0.39 is 61.0 Å². The Morgan fingerprint density at radius 2 is 1.60 bits per heavy atom. The SMILES string of the molecule is CC(=O)Oc1cc(C)cc(O[C@@H]2O[C@H](CO)[C@@H](O)[C@H](OC(C)=O)[C@H]2OC(C)=O)c1C(=O)CCc1ccc2occc2c1. The van der Waals surface area contributed by atoms with Gasteiger partial charge in [0, 0.05) is 32.6 Å². The molecule has 0 saturated carbocycles. The summed E-state index contributed by atoms with van der Waals surface area (Å²) in [5.74, 6) is -2.80. The second-order valence-electron chi connectivity index (χ2n) is 9.93. The molecule has 0 radical (unpaired) electrons. The van der Waals surface area contributed by atoms with Crippen molar-refractivity contribution >= 4 is 34.7 Å². The van der Waals surface area contributed by atoms with Crippen LogP contribution in [0.1, 0.15) is 48.7 Å². The molecule has 5 atom stereocenters. The van der Waals surface area contributed by atoms with E-state index >= 15 is 0 Å². The van der Waals surface area contributed by atoms with Crippen LogP contribution in [0.5, 0.6) is 11.5 Å². The lowest BCUT2D eigenvalue weighted by molar-refractivity contribution is -0.285. The molecule has 2 aromatic carbocycles. The third kappa shape index (κ3) is 7.14. The lowest BCUT2D eigenvalue weighted by atomic mass is 9.97. The normalized spacial score (nSPS) is 21.9. The lowest BCUT2D eigenvalue weighted by Gasteiger charge is -2.42. The van der Waals surface area contributed by atoms with E-state index in [0.717, 1.165) is 24.8 Å². The van der Waals surface area contributed by atoms with Crippen molar-refractivity contribution in [3.05, 3.63) is 59.4 Å². The van der Waals surface area contributed by atoms with Crippen molar-refractivity contribution in [2.24, 2.45) is 0 Å². The maximum absolute atomic E-state index is 13.7. The number of Topliss-reactive ketones (excluding diaryl/α,β-unsaturated/α-hetero) is 1. The van der Waals surface area contributed by atoms with E-state index in [0.29, 0.717) is 17.6 Å². The van der Waals surface area contributed by atoms with Gasteiger partial charge in [0.25, 0.3) is 0 Å². The van der Waals surface area contributed by atoms with Crippen LogP contribution >= 0.6 is 0 Å². The van der Waals surface area contributed by atoms with E-state index in [1.807, 2.05) is 18.2 Å². The zero-order valence-corrected chi connectivity index (χ0v) is 23.5. The number of fused-ring (bicyclic) bond motifs is 1. The topological polar surface area (TPSA) is 168 Å². The molecule has 0 spiro atoms. The van der Waals surface area contributed by atoms with Gasteiger partial charge in [-0.25, -0.2) is 0 Å². The Labute approximate surface area is 241 Å². The number of rotatable bonds is 10. The molecule has 4 rings (SSSR count). The van der Waals surface area contributed by atoms with Crippen LogP contribution in [0.3, 0.4) is 0 Å². The first-order valence-electron chi connectivity index (χ1n) is 13.2. The van der Waals surface area contributed by atoms with Gasteiger partial charge < -0.3 is 38.3 Å². The van der Waals surface area contributed by atoms with Crippen LogP contribution in [0.25, 0.3) is 11.0 Å². The number of aliphatic hydroxyl groups excluding tert-OH is 2. The first kappa shape index (κ1) is 30.7. The predicted molar refractivity (Wildman–Crippen MR) is 145 cm³/mol. The van der Waals surface area contributed by atoms with Crippen molar-refractivity contribution in [2.75, 3.05) is 6.61 Å². The average molecular weight is 585 g/mol. The molecule has 3 aromatic rings. The molecule has 0 amide bonds. The Hall–Kier alpha value is -4.26. The van der Waals surface area contributed by atoms with Gasteiger partial charge in [-0.2, -0.15) is 0 Å². The Kier molecular flexibility index (Phi) is 9.61. The lowest BCUT2D eigenvalue weighted by Crippen LogP contribution is -2.62. The number of ketones is 1. The van der Waals surface area contributed by atoms with Crippen molar-refractivity contribution in [3.63, 3.8) is 0 Å². The minimum Gasteiger partial charge on any atom is -0.464 e. The summed E-state index contributed by atoms with van der Waals surface area (Å²) in [5.41, 5.74) is 2.07. The van der Waals surface area contributed by atoms with Crippen molar-refractivity contribution in [3.8, 4) is 11.5 Å². The second-order valence-corrected chi connectivity index (χ2v) is 9.93. The Balaban J connectivity index is 1.70. The van der Waals surface area contributed by atoms with E-state index in [1.54, 1.807) is 19.3 Å². The number of ether oxygens (including phenoxy) is 5. The van der Waals surface area contributed by atoms with Crippen molar-refractivity contribution in [1.29, 1.82) is 0 Å². The summed E-state index contributed by atoms with van der Waals surface area (Å²) in [6, 6.07) is 10.4. The fourth-order valence-corrected chi connectivity index (χ4v) is 4.78. The molecular formula is C30H32O12. The zero-order valence-electron chi connectivity index (χ0n) is 23.5. The van der Waals surface area contributed by atoms with Gasteiger partial charge in [-0.3, -0.25) is 19.2 Å². The number of esters is 3. The number of carbonyl (C=O) groups is 4. The molecule has 2 N–H and O–H groups in total. The quantitative estimate of drug-likeness (QED) is 0.203. The number of benzene rings is 2. The van der Waals surface area contributed by atoms with E-state index in [4.69, 9.17) is 28.1 Å². The molecule has 0 unspecified atom stereocenters. The number of hydrogen-bond acceptors (Lipinski definition) is 12. The molecule has 1 aliphatic heterocycles. The highest BCUT2D eigenvalue weighted by Crippen LogP contribution is 2.36. The monoisotopic (exact) mass is 584 g/mol. The molecule has 2 heterocycles. The van der Waals surface area contributed by atoms with Crippen LogP contribution in [0.4, 0.5) is 0 Å². The summed E-state index contributed by atoms with van der Waals surface area (Å²) < 4.78 is 33.1. The molecule has 42 heavy (non-hydrogen) atoms. The highest BCUT2D eigenvalue weighted by atomic mass is 16.7.